The Labute approximate surface area is 224 Å². The average molecular weight is 527 g/mol. The van der Waals surface area contributed by atoms with Crippen LogP contribution in [0.2, 0.25) is 0 Å². The van der Waals surface area contributed by atoms with E-state index in [1.54, 1.807) is 18.2 Å². The van der Waals surface area contributed by atoms with Gasteiger partial charge in [0, 0.05) is 0 Å². The van der Waals surface area contributed by atoms with E-state index in [2.05, 4.69) is 36.4 Å². The van der Waals surface area contributed by atoms with Crippen LogP contribution in [0.25, 0.3) is 0 Å². The van der Waals surface area contributed by atoms with Crippen molar-refractivity contribution in [3.8, 4) is 0 Å². The summed E-state index contributed by atoms with van der Waals surface area (Å²) in [7, 11) is -3.78. The van der Waals surface area contributed by atoms with Crippen LogP contribution in [-0.4, -0.2) is 33.8 Å². The molecular weight excluding hydrogens is 496 g/mol. The summed E-state index contributed by atoms with van der Waals surface area (Å²) in [5.74, 6) is 0. The highest BCUT2D eigenvalue weighted by Gasteiger charge is 2.39. The average Bonchev–Trinajstić information content (AvgIpc) is 3.74. The molecule has 2 atom stereocenters. The third-order valence-electron chi connectivity index (χ3n) is 6.58. The Morgan fingerprint density at radius 1 is 0.658 bits per heavy atom. The van der Waals surface area contributed by atoms with Gasteiger partial charge in [-0.15, -0.1) is 0 Å². The topological polar surface area (TPSA) is 65.1 Å². The molecule has 0 unspecified atom stereocenters. The minimum absolute atomic E-state index is 0.00532. The maximum atomic E-state index is 12.3. The highest BCUT2D eigenvalue weighted by molar-refractivity contribution is 7.86. The van der Waals surface area contributed by atoms with Gasteiger partial charge in [-0.25, -0.2) is 0 Å². The Morgan fingerprint density at radius 2 is 1.13 bits per heavy atom. The fraction of sp³-hybridized carbons (Fsp3) is 0.188. The quantitative estimate of drug-likeness (QED) is 0.0964. The molecule has 0 amide bonds. The molecule has 0 N–H and O–H groups in total. The van der Waals surface area contributed by atoms with E-state index in [0.717, 1.165) is 16.7 Å². The van der Waals surface area contributed by atoms with Crippen molar-refractivity contribution in [2.24, 2.45) is 0 Å². The summed E-state index contributed by atoms with van der Waals surface area (Å²) >= 11 is 0. The fourth-order valence-corrected chi connectivity index (χ4v) is 5.52. The number of hydrogen-bond acceptors (Lipinski definition) is 5. The van der Waals surface area contributed by atoms with Crippen LogP contribution in [0.3, 0.4) is 0 Å². The van der Waals surface area contributed by atoms with E-state index in [4.69, 9.17) is 13.7 Å². The number of benzene rings is 4. The Kier molecular flexibility index (Phi) is 8.15. The predicted octanol–water partition coefficient (Wildman–Crippen LogP) is 6.11. The van der Waals surface area contributed by atoms with Crippen molar-refractivity contribution >= 4 is 10.1 Å². The van der Waals surface area contributed by atoms with E-state index in [-0.39, 0.29) is 23.7 Å². The van der Waals surface area contributed by atoms with Crippen LogP contribution in [0.4, 0.5) is 0 Å². The summed E-state index contributed by atoms with van der Waals surface area (Å²) in [6, 6.07) is 38.9. The minimum atomic E-state index is -3.78. The molecule has 0 saturated carbocycles. The monoisotopic (exact) mass is 526 g/mol. The zero-order valence-electron chi connectivity index (χ0n) is 20.9. The molecule has 38 heavy (non-hydrogen) atoms. The van der Waals surface area contributed by atoms with Gasteiger partial charge in [0.1, 0.15) is 11.7 Å². The Morgan fingerprint density at radius 3 is 1.63 bits per heavy atom. The van der Waals surface area contributed by atoms with Crippen LogP contribution in [0.15, 0.2) is 138 Å². The van der Waals surface area contributed by atoms with Gasteiger partial charge in [0.25, 0.3) is 10.1 Å². The van der Waals surface area contributed by atoms with Crippen LogP contribution in [0.1, 0.15) is 23.1 Å². The highest BCUT2D eigenvalue weighted by atomic mass is 32.2. The van der Waals surface area contributed by atoms with Gasteiger partial charge in [-0.1, -0.05) is 121 Å². The first-order chi connectivity index (χ1) is 18.6. The molecule has 1 fully saturated rings. The van der Waals surface area contributed by atoms with E-state index in [1.807, 2.05) is 66.7 Å². The van der Waals surface area contributed by atoms with Crippen molar-refractivity contribution in [3.63, 3.8) is 0 Å². The lowest BCUT2D eigenvalue weighted by Crippen LogP contribution is -2.33. The molecule has 0 bridgehead atoms. The summed E-state index contributed by atoms with van der Waals surface area (Å²) in [4.78, 5) is 0.146. The molecular formula is C32H30O5S. The Balaban J connectivity index is 1.23. The summed E-state index contributed by atoms with van der Waals surface area (Å²) in [6.45, 7) is 0.389. The first-order valence-corrected chi connectivity index (χ1v) is 14.1. The number of epoxide rings is 1. The zero-order chi connectivity index (χ0) is 26.3. The van der Waals surface area contributed by atoms with E-state index >= 15 is 0 Å². The maximum Gasteiger partial charge on any atom is 0.297 e. The predicted molar refractivity (Wildman–Crippen MR) is 147 cm³/mol. The van der Waals surface area contributed by atoms with Crippen molar-refractivity contribution in [2.45, 2.75) is 29.1 Å². The zero-order valence-corrected chi connectivity index (χ0v) is 21.7. The van der Waals surface area contributed by atoms with Gasteiger partial charge in [-0.3, -0.25) is 4.18 Å². The summed E-state index contributed by atoms with van der Waals surface area (Å²) < 4.78 is 42.1. The van der Waals surface area contributed by atoms with E-state index in [0.29, 0.717) is 13.0 Å². The van der Waals surface area contributed by atoms with Crippen molar-refractivity contribution in [1.82, 2.24) is 0 Å². The van der Waals surface area contributed by atoms with E-state index in [1.165, 1.54) is 12.1 Å². The van der Waals surface area contributed by atoms with Gasteiger partial charge in [0.2, 0.25) is 0 Å². The normalized spacial score (nSPS) is 17.5. The summed E-state index contributed by atoms with van der Waals surface area (Å²) in [6.07, 6.45) is 4.35. The molecule has 0 spiro atoms. The van der Waals surface area contributed by atoms with Crippen molar-refractivity contribution in [1.29, 1.82) is 0 Å². The molecule has 0 aliphatic carbocycles. The Hall–Kier alpha value is -3.55. The van der Waals surface area contributed by atoms with Crippen LogP contribution >= 0.6 is 0 Å². The lowest BCUT2D eigenvalue weighted by Gasteiger charge is -2.35. The standard InChI is InChI=1S/C32H30O5S/c33-38(34,29-21-11-4-12-22-29)36-25-31-30(37-31)23-13-14-24-35-32(26-15-5-1-6-16-26,27-17-7-2-8-18-27)28-19-9-3-10-20-28/h1-22,30-31H,23-25H2/b14-13+/t30-,31-/m1/s1. The third-order valence-corrected chi connectivity index (χ3v) is 7.87. The molecule has 4 aromatic rings. The van der Waals surface area contributed by atoms with Crippen molar-refractivity contribution in [3.05, 3.63) is 150 Å². The highest BCUT2D eigenvalue weighted by Crippen LogP contribution is 2.40. The minimum Gasteiger partial charge on any atom is -0.367 e. The molecule has 0 aromatic heterocycles. The maximum absolute atomic E-state index is 12.3. The Bertz CT molecular complexity index is 1330. The molecule has 6 heteroatoms. The smallest absolute Gasteiger partial charge is 0.297 e. The fourth-order valence-electron chi connectivity index (χ4n) is 4.59. The SMILES string of the molecule is O=S(=O)(OC[C@H]1O[C@@H]1C/C=C/COC(c1ccccc1)(c1ccccc1)c1ccccc1)c1ccccc1. The molecule has 4 aromatic carbocycles. The second-order valence-electron chi connectivity index (χ2n) is 9.06. The molecule has 194 valence electrons. The molecule has 1 saturated heterocycles. The molecule has 1 heterocycles. The van der Waals surface area contributed by atoms with Crippen LogP contribution in [-0.2, 0) is 29.4 Å². The van der Waals surface area contributed by atoms with Crippen LogP contribution in [0, 0.1) is 0 Å². The number of hydrogen-bond donors (Lipinski definition) is 0. The first-order valence-electron chi connectivity index (χ1n) is 12.6. The first kappa shape index (κ1) is 26.1. The molecule has 5 rings (SSSR count). The largest absolute Gasteiger partial charge is 0.367 e. The van der Waals surface area contributed by atoms with Gasteiger partial charge in [0.05, 0.1) is 24.2 Å². The lowest BCUT2D eigenvalue weighted by atomic mass is 9.80. The molecule has 5 nitrogen and oxygen atoms in total. The summed E-state index contributed by atoms with van der Waals surface area (Å²) in [5.41, 5.74) is 2.38. The van der Waals surface area contributed by atoms with E-state index < -0.39 is 15.7 Å². The van der Waals surface area contributed by atoms with Gasteiger partial charge >= 0.3 is 0 Å². The van der Waals surface area contributed by atoms with Gasteiger partial charge in [-0.05, 0) is 35.2 Å². The third kappa shape index (κ3) is 5.95. The molecule has 1 aliphatic rings. The van der Waals surface area contributed by atoms with Crippen molar-refractivity contribution in [2.75, 3.05) is 13.2 Å². The van der Waals surface area contributed by atoms with Gasteiger partial charge < -0.3 is 9.47 Å². The van der Waals surface area contributed by atoms with Gasteiger partial charge in [0.15, 0.2) is 0 Å². The second kappa shape index (κ2) is 11.9. The lowest BCUT2D eigenvalue weighted by molar-refractivity contribution is 0.0319. The van der Waals surface area contributed by atoms with Crippen molar-refractivity contribution < 1.29 is 22.1 Å². The number of ether oxygens (including phenoxy) is 2. The second-order valence-corrected chi connectivity index (χ2v) is 10.7. The van der Waals surface area contributed by atoms with Crippen LogP contribution < -0.4 is 0 Å². The summed E-state index contributed by atoms with van der Waals surface area (Å²) in [5, 5.41) is 0. The van der Waals surface area contributed by atoms with Gasteiger partial charge in [-0.2, -0.15) is 8.42 Å². The number of rotatable bonds is 12. The van der Waals surface area contributed by atoms with Crippen LogP contribution in [0.5, 0.6) is 0 Å². The van der Waals surface area contributed by atoms with E-state index in [9.17, 15) is 8.42 Å². The molecule has 1 aliphatic heterocycles. The molecule has 0 radical (unpaired) electrons.